The fourth-order valence-electron chi connectivity index (χ4n) is 1.18. The van der Waals surface area contributed by atoms with Crippen LogP contribution in [-0.2, 0) is 30.5 Å². The summed E-state index contributed by atoms with van der Waals surface area (Å²) in [5.41, 5.74) is 1.23. The average molecular weight is 271 g/mol. The van der Waals surface area contributed by atoms with Gasteiger partial charge in [0.1, 0.15) is 13.2 Å². The minimum absolute atomic E-state index is 0.0153. The Labute approximate surface area is 112 Å². The highest BCUT2D eigenvalue weighted by Gasteiger charge is 2.05. The quantitative estimate of drug-likeness (QED) is 0.312. The van der Waals surface area contributed by atoms with E-state index in [1.54, 1.807) is 6.92 Å². The molecule has 0 bridgehead atoms. The van der Waals surface area contributed by atoms with Gasteiger partial charge in [-0.15, -0.1) is 0 Å². The number of rotatable bonds is 8. The third kappa shape index (κ3) is 6.64. The maximum absolute atomic E-state index is 10.9. The molecule has 0 saturated heterocycles. The molecule has 0 fully saturated rings. The monoisotopic (exact) mass is 271 g/mol. The van der Waals surface area contributed by atoms with E-state index >= 15 is 0 Å². The summed E-state index contributed by atoms with van der Waals surface area (Å²) in [6.07, 6.45) is 0. The topological polar surface area (TPSA) is 44.8 Å². The lowest BCUT2D eigenvalue weighted by Gasteiger charge is -2.01. The molecule has 0 saturated carbocycles. The molecule has 0 spiro atoms. The van der Waals surface area contributed by atoms with Gasteiger partial charge in [-0.2, -0.15) is 4.18 Å². The van der Waals surface area contributed by atoms with Crippen molar-refractivity contribution in [2.75, 3.05) is 26.4 Å². The van der Waals surface area contributed by atoms with Gasteiger partial charge < -0.3 is 9.47 Å². The molecule has 0 aromatic heterocycles. The summed E-state index contributed by atoms with van der Waals surface area (Å²) in [6, 6.07) is 8.14. The van der Waals surface area contributed by atoms with Crippen molar-refractivity contribution in [1.82, 2.24) is 0 Å². The maximum Gasteiger partial charge on any atom is 0.332 e. The normalized spacial score (nSPS) is 10.3. The summed E-state index contributed by atoms with van der Waals surface area (Å²) < 4.78 is 15.2. The van der Waals surface area contributed by atoms with Gasteiger partial charge >= 0.3 is 5.97 Å². The van der Waals surface area contributed by atoms with Crippen LogP contribution < -0.4 is 0 Å². The van der Waals surface area contributed by atoms with Crippen LogP contribution in [0.4, 0.5) is 0 Å². The Morgan fingerprint density at radius 2 is 1.94 bits per heavy atom. The van der Waals surface area contributed by atoms with Crippen LogP contribution in [0, 0.1) is 6.92 Å². The molecule has 4 nitrogen and oxygen atoms in total. The van der Waals surface area contributed by atoms with Gasteiger partial charge in [0.2, 0.25) is 0 Å². The number of carbonyl (C=O) groups excluding carboxylic acids is 1. The molecular formula is C13H19O4S+. The van der Waals surface area contributed by atoms with E-state index in [-0.39, 0.29) is 12.6 Å². The van der Waals surface area contributed by atoms with Crippen molar-refractivity contribution in [3.05, 3.63) is 29.8 Å². The minimum Gasteiger partial charge on any atom is -0.464 e. The Morgan fingerprint density at radius 1 is 1.22 bits per heavy atom. The number of hydrogen-bond acceptors (Lipinski definition) is 4. The Bertz CT molecular complexity index is 351. The van der Waals surface area contributed by atoms with Crippen LogP contribution in [0.15, 0.2) is 29.2 Å². The third-order valence-corrected chi connectivity index (χ3v) is 2.87. The first-order chi connectivity index (χ1) is 8.72. The van der Waals surface area contributed by atoms with E-state index in [1.807, 2.05) is 31.2 Å². The first-order valence-electron chi connectivity index (χ1n) is 5.85. The summed E-state index contributed by atoms with van der Waals surface area (Å²) in [6.45, 7) is 5.02. The molecule has 0 atom stereocenters. The zero-order valence-corrected chi connectivity index (χ0v) is 11.6. The fourth-order valence-corrected chi connectivity index (χ4v) is 1.77. The number of aryl methyl sites for hydroxylation is 1. The van der Waals surface area contributed by atoms with Gasteiger partial charge in [-0.3, -0.25) is 0 Å². The van der Waals surface area contributed by atoms with E-state index in [0.29, 0.717) is 19.8 Å². The highest BCUT2D eigenvalue weighted by atomic mass is 32.2. The molecule has 0 amide bonds. The van der Waals surface area contributed by atoms with Gasteiger partial charge in [0.05, 0.1) is 13.2 Å². The van der Waals surface area contributed by atoms with Crippen molar-refractivity contribution in [1.29, 1.82) is 0 Å². The molecule has 0 heterocycles. The van der Waals surface area contributed by atoms with Gasteiger partial charge in [-0.05, 0) is 26.0 Å². The van der Waals surface area contributed by atoms with Crippen molar-refractivity contribution in [2.24, 2.45) is 0 Å². The molecule has 1 rings (SSSR count). The largest absolute Gasteiger partial charge is 0.464 e. The van der Waals surface area contributed by atoms with Gasteiger partial charge in [0.15, 0.2) is 16.9 Å². The molecular weight excluding hydrogens is 252 g/mol. The summed E-state index contributed by atoms with van der Waals surface area (Å²) in [7, 11) is 0. The van der Waals surface area contributed by atoms with Gasteiger partial charge in [0.25, 0.3) is 0 Å². The predicted octanol–water partition coefficient (Wildman–Crippen LogP) is 1.68. The highest BCUT2D eigenvalue weighted by Crippen LogP contribution is 2.05. The second kappa shape index (κ2) is 8.97. The van der Waals surface area contributed by atoms with Gasteiger partial charge in [-0.25, -0.2) is 4.79 Å². The van der Waals surface area contributed by atoms with Crippen molar-refractivity contribution >= 4 is 18.0 Å². The standard InChI is InChI=1S/C13H18O4S/c1-3-16-13(14)10-15-8-9-17-18-12-6-4-11(2)5-7-12/h4-7H,3,8-10H2,1-2H3/p+1. The summed E-state index contributed by atoms with van der Waals surface area (Å²) >= 11 is 0.806. The summed E-state index contributed by atoms with van der Waals surface area (Å²) in [5, 5.41) is 0. The van der Waals surface area contributed by atoms with Gasteiger partial charge in [-0.1, -0.05) is 17.7 Å². The second-order valence-corrected chi connectivity index (χ2v) is 4.57. The lowest BCUT2D eigenvalue weighted by atomic mass is 10.2. The van der Waals surface area contributed by atoms with E-state index in [1.165, 1.54) is 5.56 Å². The molecule has 100 valence electrons. The number of ether oxygens (including phenoxy) is 2. The molecule has 0 N–H and O–H groups in total. The van der Waals surface area contributed by atoms with Crippen LogP contribution in [0.3, 0.4) is 0 Å². The SMILES string of the molecule is CCOC(=O)COCCO[SH+]c1ccc(C)cc1. The number of esters is 1. The zero-order chi connectivity index (χ0) is 13.2. The molecule has 0 aliphatic carbocycles. The minimum atomic E-state index is -0.339. The van der Waals surface area contributed by atoms with E-state index in [0.717, 1.165) is 16.9 Å². The molecule has 18 heavy (non-hydrogen) atoms. The van der Waals surface area contributed by atoms with Crippen LogP contribution in [0.2, 0.25) is 0 Å². The lowest BCUT2D eigenvalue weighted by Crippen LogP contribution is -2.14. The van der Waals surface area contributed by atoms with Crippen LogP contribution in [0.5, 0.6) is 0 Å². The van der Waals surface area contributed by atoms with E-state index < -0.39 is 0 Å². The molecule has 0 unspecified atom stereocenters. The number of thiol groups is 1. The van der Waals surface area contributed by atoms with Crippen LogP contribution in [0.1, 0.15) is 12.5 Å². The number of benzene rings is 1. The molecule has 0 radical (unpaired) electrons. The Hall–Kier alpha value is -1.04. The molecule has 1 aromatic carbocycles. The predicted molar refractivity (Wildman–Crippen MR) is 71.6 cm³/mol. The van der Waals surface area contributed by atoms with Crippen molar-refractivity contribution in [2.45, 2.75) is 18.7 Å². The van der Waals surface area contributed by atoms with E-state index in [9.17, 15) is 4.79 Å². The smallest absolute Gasteiger partial charge is 0.332 e. The van der Waals surface area contributed by atoms with Gasteiger partial charge in [0, 0.05) is 0 Å². The third-order valence-electron chi connectivity index (χ3n) is 2.05. The average Bonchev–Trinajstić information content (AvgIpc) is 2.36. The maximum atomic E-state index is 10.9. The van der Waals surface area contributed by atoms with Crippen molar-refractivity contribution in [3.63, 3.8) is 0 Å². The summed E-state index contributed by atoms with van der Waals surface area (Å²) in [5.74, 6) is -0.339. The lowest BCUT2D eigenvalue weighted by molar-refractivity contribution is -0.148. The highest BCUT2D eigenvalue weighted by molar-refractivity contribution is 7.73. The summed E-state index contributed by atoms with van der Waals surface area (Å²) in [4.78, 5) is 12.0. The number of carbonyl (C=O) groups is 1. The Morgan fingerprint density at radius 3 is 2.61 bits per heavy atom. The van der Waals surface area contributed by atoms with E-state index in [2.05, 4.69) is 0 Å². The fraction of sp³-hybridized carbons (Fsp3) is 0.462. The zero-order valence-electron chi connectivity index (χ0n) is 10.7. The van der Waals surface area contributed by atoms with Crippen molar-refractivity contribution < 1.29 is 18.5 Å². The second-order valence-electron chi connectivity index (χ2n) is 3.62. The Balaban J connectivity index is 2.02. The first-order valence-corrected chi connectivity index (χ1v) is 6.66. The Kier molecular flexibility index (Phi) is 7.48. The number of hydrogen-bond donors (Lipinski definition) is 0. The van der Waals surface area contributed by atoms with Crippen LogP contribution in [0.25, 0.3) is 0 Å². The molecule has 1 aromatic rings. The first kappa shape index (κ1) is 15.0. The van der Waals surface area contributed by atoms with Crippen LogP contribution in [-0.4, -0.2) is 32.4 Å². The molecule has 0 aliphatic rings. The van der Waals surface area contributed by atoms with Crippen LogP contribution >= 0.6 is 0 Å². The van der Waals surface area contributed by atoms with Crippen molar-refractivity contribution in [3.8, 4) is 0 Å². The molecule has 0 aliphatic heterocycles. The van der Waals surface area contributed by atoms with E-state index in [4.69, 9.17) is 13.7 Å². The molecule has 5 heteroatoms.